The van der Waals surface area contributed by atoms with Crippen LogP contribution in [0.2, 0.25) is 0 Å². The number of rotatable bonds is 6. The van der Waals surface area contributed by atoms with E-state index in [1.54, 1.807) is 49.6 Å². The molecular formula is C15H15BrN2O3. The van der Waals surface area contributed by atoms with Gasteiger partial charge in [0.25, 0.3) is 5.91 Å². The van der Waals surface area contributed by atoms with Crippen LogP contribution in [0.3, 0.4) is 0 Å². The van der Waals surface area contributed by atoms with Crippen molar-refractivity contribution in [2.75, 3.05) is 25.6 Å². The van der Waals surface area contributed by atoms with Crippen molar-refractivity contribution in [1.82, 2.24) is 4.98 Å². The predicted octanol–water partition coefficient (Wildman–Crippen LogP) is 3.12. The Bertz CT molecular complexity index is 602. The molecule has 0 radical (unpaired) electrons. The number of hydrogen-bond acceptors (Lipinski definition) is 4. The van der Waals surface area contributed by atoms with Gasteiger partial charge in [-0.15, -0.1) is 0 Å². The summed E-state index contributed by atoms with van der Waals surface area (Å²) in [7, 11) is 1.62. The average Bonchev–Trinajstić information content (AvgIpc) is 2.49. The van der Waals surface area contributed by atoms with E-state index in [9.17, 15) is 4.79 Å². The molecular weight excluding hydrogens is 336 g/mol. The molecule has 110 valence electrons. The zero-order valence-corrected chi connectivity index (χ0v) is 13.1. The third kappa shape index (κ3) is 4.84. The van der Waals surface area contributed by atoms with Crippen LogP contribution in [0.25, 0.3) is 0 Å². The van der Waals surface area contributed by atoms with E-state index < -0.39 is 0 Å². The fourth-order valence-corrected chi connectivity index (χ4v) is 1.95. The van der Waals surface area contributed by atoms with Gasteiger partial charge in [-0.05, 0) is 52.3 Å². The minimum Gasteiger partial charge on any atom is -0.491 e. The van der Waals surface area contributed by atoms with Crippen LogP contribution >= 0.6 is 15.9 Å². The lowest BCUT2D eigenvalue weighted by Crippen LogP contribution is -2.13. The highest BCUT2D eigenvalue weighted by Gasteiger charge is 2.07. The van der Waals surface area contributed by atoms with E-state index in [1.165, 1.54) is 0 Å². The highest BCUT2D eigenvalue weighted by molar-refractivity contribution is 9.10. The Morgan fingerprint density at radius 2 is 1.95 bits per heavy atom. The number of aromatic nitrogens is 1. The van der Waals surface area contributed by atoms with Crippen molar-refractivity contribution >= 4 is 27.5 Å². The van der Waals surface area contributed by atoms with Gasteiger partial charge in [0.05, 0.1) is 6.61 Å². The highest BCUT2D eigenvalue weighted by atomic mass is 79.9. The zero-order valence-electron chi connectivity index (χ0n) is 11.5. The van der Waals surface area contributed by atoms with Crippen LogP contribution in [-0.4, -0.2) is 31.2 Å². The minimum atomic E-state index is -0.260. The number of carbonyl (C=O) groups is 1. The molecule has 0 saturated carbocycles. The first-order chi connectivity index (χ1) is 10.2. The van der Waals surface area contributed by atoms with E-state index in [2.05, 4.69) is 26.2 Å². The Labute approximate surface area is 131 Å². The number of ether oxygens (including phenoxy) is 2. The van der Waals surface area contributed by atoms with Gasteiger partial charge in [0.15, 0.2) is 0 Å². The summed E-state index contributed by atoms with van der Waals surface area (Å²) in [5.74, 6) is 0.468. The number of nitrogens with one attached hydrogen (secondary N) is 1. The number of nitrogens with zero attached hydrogens (tertiary/aromatic N) is 1. The lowest BCUT2D eigenvalue weighted by molar-refractivity contribution is 0.102. The summed E-state index contributed by atoms with van der Waals surface area (Å²) in [5, 5.41) is 2.78. The molecule has 0 fully saturated rings. The van der Waals surface area contributed by atoms with Gasteiger partial charge in [-0.2, -0.15) is 0 Å². The second-order valence-electron chi connectivity index (χ2n) is 4.17. The molecule has 0 bridgehead atoms. The van der Waals surface area contributed by atoms with Crippen molar-refractivity contribution in [3.8, 4) is 5.75 Å². The van der Waals surface area contributed by atoms with Crippen LogP contribution in [0.15, 0.2) is 47.1 Å². The standard InChI is InChI=1S/C15H15BrN2O3/c1-20-9-10-21-12-7-5-11(6-8-12)17-15(19)13-3-2-4-14(16)18-13/h2-8H,9-10H2,1H3,(H,17,19). The largest absolute Gasteiger partial charge is 0.491 e. The van der Waals surface area contributed by atoms with E-state index in [1.807, 2.05) is 0 Å². The number of anilines is 1. The van der Waals surface area contributed by atoms with Gasteiger partial charge < -0.3 is 14.8 Å². The monoisotopic (exact) mass is 350 g/mol. The Morgan fingerprint density at radius 3 is 2.62 bits per heavy atom. The van der Waals surface area contributed by atoms with Crippen molar-refractivity contribution in [2.45, 2.75) is 0 Å². The molecule has 0 unspecified atom stereocenters. The van der Waals surface area contributed by atoms with E-state index in [0.717, 1.165) is 5.75 Å². The first kappa shape index (κ1) is 15.5. The molecule has 2 rings (SSSR count). The van der Waals surface area contributed by atoms with Crippen molar-refractivity contribution in [3.05, 3.63) is 52.8 Å². The second-order valence-corrected chi connectivity index (χ2v) is 4.98. The topological polar surface area (TPSA) is 60.5 Å². The van der Waals surface area contributed by atoms with Crippen molar-refractivity contribution < 1.29 is 14.3 Å². The third-order valence-electron chi connectivity index (χ3n) is 2.62. The fourth-order valence-electron chi connectivity index (χ4n) is 1.61. The van der Waals surface area contributed by atoms with E-state index in [0.29, 0.717) is 29.2 Å². The average molecular weight is 351 g/mol. The van der Waals surface area contributed by atoms with Crippen LogP contribution in [0, 0.1) is 0 Å². The summed E-state index contributed by atoms with van der Waals surface area (Å²) in [5.41, 5.74) is 1.03. The quantitative estimate of drug-likeness (QED) is 0.642. The second kappa shape index (κ2) is 7.75. The Kier molecular flexibility index (Phi) is 5.71. The Morgan fingerprint density at radius 1 is 1.19 bits per heavy atom. The number of methoxy groups -OCH3 is 1. The van der Waals surface area contributed by atoms with Crippen LogP contribution in [0.4, 0.5) is 5.69 Å². The summed E-state index contributed by atoms with van der Waals surface area (Å²) in [4.78, 5) is 16.1. The molecule has 1 aromatic heterocycles. The number of benzene rings is 1. The summed E-state index contributed by atoms with van der Waals surface area (Å²) in [6.45, 7) is 1.03. The smallest absolute Gasteiger partial charge is 0.274 e. The maximum Gasteiger partial charge on any atom is 0.274 e. The summed E-state index contributed by atoms with van der Waals surface area (Å²) in [6, 6.07) is 12.3. The molecule has 2 aromatic rings. The van der Waals surface area contributed by atoms with Gasteiger partial charge in [0, 0.05) is 12.8 Å². The normalized spacial score (nSPS) is 10.2. The van der Waals surface area contributed by atoms with Gasteiger partial charge in [0.1, 0.15) is 22.7 Å². The number of carbonyl (C=O) groups excluding carboxylic acids is 1. The molecule has 1 N–H and O–H groups in total. The molecule has 0 aliphatic carbocycles. The Hall–Kier alpha value is -1.92. The van der Waals surface area contributed by atoms with E-state index in [4.69, 9.17) is 9.47 Å². The van der Waals surface area contributed by atoms with Crippen LogP contribution in [0.1, 0.15) is 10.5 Å². The third-order valence-corrected chi connectivity index (χ3v) is 3.06. The number of pyridine rings is 1. The molecule has 6 heteroatoms. The SMILES string of the molecule is COCCOc1ccc(NC(=O)c2cccc(Br)n2)cc1. The van der Waals surface area contributed by atoms with Crippen LogP contribution in [0.5, 0.6) is 5.75 Å². The van der Waals surface area contributed by atoms with Crippen LogP contribution < -0.4 is 10.1 Å². The summed E-state index contributed by atoms with van der Waals surface area (Å²) < 4.78 is 11.0. The van der Waals surface area contributed by atoms with E-state index in [-0.39, 0.29) is 5.91 Å². The first-order valence-corrected chi connectivity index (χ1v) is 7.14. The molecule has 1 amide bonds. The molecule has 0 aliphatic rings. The maximum absolute atomic E-state index is 12.0. The molecule has 5 nitrogen and oxygen atoms in total. The Balaban J connectivity index is 1.95. The van der Waals surface area contributed by atoms with Gasteiger partial charge in [-0.3, -0.25) is 4.79 Å². The fraction of sp³-hybridized carbons (Fsp3) is 0.200. The molecule has 1 heterocycles. The van der Waals surface area contributed by atoms with Gasteiger partial charge in [-0.1, -0.05) is 6.07 Å². The zero-order chi connectivity index (χ0) is 15.1. The predicted molar refractivity (Wildman–Crippen MR) is 83.7 cm³/mol. The molecule has 1 aromatic carbocycles. The van der Waals surface area contributed by atoms with Crippen molar-refractivity contribution in [1.29, 1.82) is 0 Å². The molecule has 0 spiro atoms. The molecule has 0 aliphatic heterocycles. The number of halogens is 1. The van der Waals surface area contributed by atoms with Crippen LogP contribution in [-0.2, 0) is 4.74 Å². The highest BCUT2D eigenvalue weighted by Crippen LogP contribution is 2.16. The molecule has 21 heavy (non-hydrogen) atoms. The lowest BCUT2D eigenvalue weighted by atomic mass is 10.3. The first-order valence-electron chi connectivity index (χ1n) is 6.35. The van der Waals surface area contributed by atoms with Crippen molar-refractivity contribution in [3.63, 3.8) is 0 Å². The lowest BCUT2D eigenvalue weighted by Gasteiger charge is -2.08. The molecule has 0 atom stereocenters. The van der Waals surface area contributed by atoms with E-state index >= 15 is 0 Å². The van der Waals surface area contributed by atoms with Gasteiger partial charge >= 0.3 is 0 Å². The molecule has 0 saturated heterocycles. The summed E-state index contributed by atoms with van der Waals surface area (Å²) >= 11 is 3.24. The van der Waals surface area contributed by atoms with Gasteiger partial charge in [0.2, 0.25) is 0 Å². The van der Waals surface area contributed by atoms with Gasteiger partial charge in [-0.25, -0.2) is 4.98 Å². The summed E-state index contributed by atoms with van der Waals surface area (Å²) in [6.07, 6.45) is 0. The number of hydrogen-bond donors (Lipinski definition) is 1. The van der Waals surface area contributed by atoms with Crippen molar-refractivity contribution in [2.24, 2.45) is 0 Å². The minimum absolute atomic E-state index is 0.260. The number of amides is 1. The maximum atomic E-state index is 12.0.